The van der Waals surface area contributed by atoms with Crippen LogP contribution in [0, 0.1) is 0 Å². The summed E-state index contributed by atoms with van der Waals surface area (Å²) in [5.41, 5.74) is 2.48. The summed E-state index contributed by atoms with van der Waals surface area (Å²) in [7, 11) is 0. The summed E-state index contributed by atoms with van der Waals surface area (Å²) < 4.78 is 6.46. The molecule has 1 aliphatic rings. The van der Waals surface area contributed by atoms with E-state index in [4.69, 9.17) is 4.42 Å². The molecule has 0 spiro atoms. The van der Waals surface area contributed by atoms with Crippen LogP contribution in [-0.2, 0) is 6.54 Å². The lowest BCUT2D eigenvalue weighted by Crippen LogP contribution is -2.30. The Bertz CT molecular complexity index is 561. The van der Waals surface area contributed by atoms with Crippen molar-refractivity contribution in [1.29, 1.82) is 0 Å². The first-order valence-electron chi connectivity index (χ1n) is 7.14. The maximum absolute atomic E-state index is 5.45. The van der Waals surface area contributed by atoms with E-state index in [0.29, 0.717) is 6.54 Å². The van der Waals surface area contributed by atoms with E-state index >= 15 is 0 Å². The number of para-hydroxylation sites is 2. The third-order valence-corrected chi connectivity index (χ3v) is 4.44. The molecule has 0 aliphatic carbocycles. The molecule has 0 bridgehead atoms. The molecule has 0 amide bonds. The maximum Gasteiger partial charge on any atom is 0.136 e. The molecular formula is C16H19BrN2O. The van der Waals surface area contributed by atoms with Gasteiger partial charge >= 0.3 is 0 Å². The van der Waals surface area contributed by atoms with E-state index in [1.807, 2.05) is 6.07 Å². The second kappa shape index (κ2) is 6.35. The van der Waals surface area contributed by atoms with Crippen molar-refractivity contribution < 1.29 is 4.42 Å². The topological polar surface area (TPSA) is 28.4 Å². The van der Waals surface area contributed by atoms with Crippen LogP contribution in [-0.4, -0.2) is 13.1 Å². The van der Waals surface area contributed by atoms with Crippen molar-refractivity contribution in [2.45, 2.75) is 25.8 Å². The molecular weight excluding hydrogens is 316 g/mol. The average Bonchev–Trinajstić information content (AvgIpc) is 2.92. The molecule has 1 aromatic carbocycles. The van der Waals surface area contributed by atoms with E-state index in [-0.39, 0.29) is 0 Å². The van der Waals surface area contributed by atoms with Crippen LogP contribution in [0.15, 0.2) is 45.5 Å². The van der Waals surface area contributed by atoms with Crippen LogP contribution in [0.4, 0.5) is 11.4 Å². The van der Waals surface area contributed by atoms with Crippen LogP contribution < -0.4 is 10.2 Å². The van der Waals surface area contributed by atoms with E-state index in [9.17, 15) is 0 Å². The summed E-state index contributed by atoms with van der Waals surface area (Å²) in [6.07, 6.45) is 5.64. The van der Waals surface area contributed by atoms with Gasteiger partial charge in [0.15, 0.2) is 0 Å². The minimum absolute atomic E-state index is 0.693. The van der Waals surface area contributed by atoms with Crippen molar-refractivity contribution >= 4 is 27.3 Å². The van der Waals surface area contributed by atoms with Crippen LogP contribution in [0.1, 0.15) is 25.0 Å². The number of nitrogens with one attached hydrogen (secondary N) is 1. The fourth-order valence-electron chi connectivity index (χ4n) is 2.66. The molecule has 20 heavy (non-hydrogen) atoms. The summed E-state index contributed by atoms with van der Waals surface area (Å²) >= 11 is 3.49. The number of piperidine rings is 1. The maximum atomic E-state index is 5.45. The number of rotatable bonds is 4. The van der Waals surface area contributed by atoms with Crippen LogP contribution in [0.25, 0.3) is 0 Å². The number of anilines is 2. The zero-order chi connectivity index (χ0) is 13.8. The number of halogens is 1. The molecule has 2 heterocycles. The summed E-state index contributed by atoms with van der Waals surface area (Å²) in [5.74, 6) is 0.929. The predicted molar refractivity (Wildman–Crippen MR) is 86.2 cm³/mol. The molecule has 0 saturated carbocycles. The SMILES string of the molecule is Brc1ccoc1CNc1ccccc1N1CCCCC1. The molecule has 1 N–H and O–H groups in total. The third-order valence-electron chi connectivity index (χ3n) is 3.73. The van der Waals surface area contributed by atoms with Gasteiger partial charge in [0.1, 0.15) is 5.76 Å². The quantitative estimate of drug-likeness (QED) is 0.882. The molecule has 1 fully saturated rings. The molecule has 1 saturated heterocycles. The number of furan rings is 1. The van der Waals surface area contributed by atoms with Gasteiger partial charge in [-0.1, -0.05) is 12.1 Å². The molecule has 4 heteroatoms. The minimum Gasteiger partial charge on any atom is -0.466 e. The van der Waals surface area contributed by atoms with E-state index in [0.717, 1.165) is 23.3 Å². The molecule has 0 atom stereocenters. The Hall–Kier alpha value is -1.42. The average molecular weight is 335 g/mol. The molecule has 0 unspecified atom stereocenters. The monoisotopic (exact) mass is 334 g/mol. The molecule has 1 aliphatic heterocycles. The smallest absolute Gasteiger partial charge is 0.136 e. The van der Waals surface area contributed by atoms with Crippen molar-refractivity contribution in [3.63, 3.8) is 0 Å². The number of hydrogen-bond donors (Lipinski definition) is 1. The Morgan fingerprint density at radius 1 is 1.10 bits per heavy atom. The highest BCUT2D eigenvalue weighted by Gasteiger charge is 2.14. The highest BCUT2D eigenvalue weighted by molar-refractivity contribution is 9.10. The van der Waals surface area contributed by atoms with Crippen molar-refractivity contribution in [1.82, 2.24) is 0 Å². The van der Waals surface area contributed by atoms with Gasteiger partial charge in [-0.15, -0.1) is 0 Å². The molecule has 3 rings (SSSR count). The van der Waals surface area contributed by atoms with Gasteiger partial charge < -0.3 is 14.6 Å². The summed E-state index contributed by atoms with van der Waals surface area (Å²) in [6, 6.07) is 10.4. The summed E-state index contributed by atoms with van der Waals surface area (Å²) in [6.45, 7) is 3.00. The van der Waals surface area contributed by atoms with Crippen LogP contribution >= 0.6 is 15.9 Å². The van der Waals surface area contributed by atoms with E-state index in [1.54, 1.807) is 6.26 Å². The fraction of sp³-hybridized carbons (Fsp3) is 0.375. The Labute approximate surface area is 128 Å². The summed E-state index contributed by atoms with van der Waals surface area (Å²) in [5, 5.41) is 3.49. The van der Waals surface area contributed by atoms with Gasteiger partial charge in [-0.2, -0.15) is 0 Å². The first-order valence-corrected chi connectivity index (χ1v) is 7.93. The zero-order valence-electron chi connectivity index (χ0n) is 11.4. The second-order valence-electron chi connectivity index (χ2n) is 5.11. The van der Waals surface area contributed by atoms with Crippen LogP contribution in [0.3, 0.4) is 0 Å². The van der Waals surface area contributed by atoms with Crippen LogP contribution in [0.5, 0.6) is 0 Å². The number of hydrogen-bond acceptors (Lipinski definition) is 3. The van der Waals surface area contributed by atoms with Crippen molar-refractivity contribution in [2.24, 2.45) is 0 Å². The van der Waals surface area contributed by atoms with Gasteiger partial charge in [0.2, 0.25) is 0 Å². The molecule has 2 aromatic rings. The van der Waals surface area contributed by atoms with Gasteiger partial charge in [0.25, 0.3) is 0 Å². The van der Waals surface area contributed by atoms with Crippen molar-refractivity contribution in [2.75, 3.05) is 23.3 Å². The number of benzene rings is 1. The Morgan fingerprint density at radius 3 is 2.65 bits per heavy atom. The van der Waals surface area contributed by atoms with Gasteiger partial charge in [-0.05, 0) is 53.4 Å². The number of nitrogens with zero attached hydrogens (tertiary/aromatic N) is 1. The zero-order valence-corrected chi connectivity index (χ0v) is 13.0. The van der Waals surface area contributed by atoms with Crippen molar-refractivity contribution in [3.8, 4) is 0 Å². The van der Waals surface area contributed by atoms with E-state index in [2.05, 4.69) is 50.4 Å². The second-order valence-corrected chi connectivity index (χ2v) is 5.96. The Morgan fingerprint density at radius 2 is 1.90 bits per heavy atom. The largest absolute Gasteiger partial charge is 0.466 e. The first kappa shape index (κ1) is 13.6. The van der Waals surface area contributed by atoms with Gasteiger partial charge in [0.05, 0.1) is 28.7 Å². The Balaban J connectivity index is 1.74. The highest BCUT2D eigenvalue weighted by Crippen LogP contribution is 2.29. The predicted octanol–water partition coefficient (Wildman–Crippen LogP) is 4.64. The normalized spacial score (nSPS) is 15.3. The van der Waals surface area contributed by atoms with E-state index in [1.165, 1.54) is 30.6 Å². The third kappa shape index (κ3) is 3.01. The van der Waals surface area contributed by atoms with Crippen LogP contribution in [0.2, 0.25) is 0 Å². The first-order chi connectivity index (χ1) is 9.84. The van der Waals surface area contributed by atoms with E-state index < -0.39 is 0 Å². The van der Waals surface area contributed by atoms with Gasteiger partial charge in [0, 0.05) is 13.1 Å². The standard InChI is InChI=1S/C16H19BrN2O/c17-13-8-11-20-16(13)12-18-14-6-2-3-7-15(14)19-9-4-1-5-10-19/h2-3,6-8,11,18H,1,4-5,9-10,12H2. The Kier molecular flexibility index (Phi) is 4.31. The molecule has 0 radical (unpaired) electrons. The lowest BCUT2D eigenvalue weighted by molar-refractivity contribution is 0.516. The van der Waals surface area contributed by atoms with Crippen molar-refractivity contribution in [3.05, 3.63) is 46.8 Å². The molecule has 3 nitrogen and oxygen atoms in total. The molecule has 1 aromatic heterocycles. The highest BCUT2D eigenvalue weighted by atomic mass is 79.9. The minimum atomic E-state index is 0.693. The van der Waals surface area contributed by atoms with Gasteiger partial charge in [-0.3, -0.25) is 0 Å². The van der Waals surface area contributed by atoms with Gasteiger partial charge in [-0.25, -0.2) is 0 Å². The lowest BCUT2D eigenvalue weighted by Gasteiger charge is -2.30. The summed E-state index contributed by atoms with van der Waals surface area (Å²) in [4.78, 5) is 2.48. The molecule has 106 valence electrons. The lowest BCUT2D eigenvalue weighted by atomic mass is 10.1. The fourth-order valence-corrected chi connectivity index (χ4v) is 3.00.